The van der Waals surface area contributed by atoms with Gasteiger partial charge >= 0.3 is 0 Å². The summed E-state index contributed by atoms with van der Waals surface area (Å²) in [5, 5.41) is 3.00. The van der Waals surface area contributed by atoms with E-state index < -0.39 is 0 Å². The monoisotopic (exact) mass is 334 g/mol. The molecule has 2 rings (SSSR count). The van der Waals surface area contributed by atoms with Crippen molar-refractivity contribution in [3.8, 4) is 11.5 Å². The van der Waals surface area contributed by atoms with Crippen LogP contribution in [0.4, 0.5) is 0 Å². The van der Waals surface area contributed by atoms with Gasteiger partial charge in [0.1, 0.15) is 0 Å². The summed E-state index contributed by atoms with van der Waals surface area (Å²) in [6.07, 6.45) is 6.17. The number of piperidine rings is 1. The highest BCUT2D eigenvalue weighted by molar-refractivity contribution is 5.94. The first-order valence-electron chi connectivity index (χ1n) is 8.93. The molecule has 0 unspecified atom stereocenters. The number of methoxy groups -OCH3 is 2. The highest BCUT2D eigenvalue weighted by atomic mass is 16.5. The number of carbonyl (C=O) groups is 1. The van der Waals surface area contributed by atoms with E-state index in [1.165, 1.54) is 32.2 Å². The van der Waals surface area contributed by atoms with E-state index in [1.807, 2.05) is 0 Å². The zero-order valence-corrected chi connectivity index (χ0v) is 15.1. The third-order valence-corrected chi connectivity index (χ3v) is 4.77. The van der Waals surface area contributed by atoms with Gasteiger partial charge in [0, 0.05) is 24.7 Å². The van der Waals surface area contributed by atoms with Crippen molar-refractivity contribution in [2.24, 2.45) is 0 Å². The molecule has 1 heterocycles. The Labute approximate surface area is 145 Å². The minimum atomic E-state index is -0.0679. The third kappa shape index (κ3) is 4.87. The van der Waals surface area contributed by atoms with E-state index >= 15 is 0 Å². The number of nitrogens with one attached hydrogen (secondary N) is 1. The van der Waals surface area contributed by atoms with Gasteiger partial charge in [-0.3, -0.25) is 4.79 Å². The molecule has 5 nitrogen and oxygen atoms in total. The Kier molecular flexibility index (Phi) is 7.37. The molecule has 1 saturated heterocycles. The molecule has 1 aliphatic rings. The summed E-state index contributed by atoms with van der Waals surface area (Å²) in [5.74, 6) is 1.13. The molecule has 134 valence electrons. The lowest BCUT2D eigenvalue weighted by Gasteiger charge is -2.35. The van der Waals surface area contributed by atoms with Gasteiger partial charge in [0.05, 0.1) is 14.2 Å². The fourth-order valence-corrected chi connectivity index (χ4v) is 3.38. The van der Waals surface area contributed by atoms with E-state index in [1.54, 1.807) is 32.4 Å². The van der Waals surface area contributed by atoms with Crippen LogP contribution in [0.5, 0.6) is 11.5 Å². The Morgan fingerprint density at radius 2 is 2.04 bits per heavy atom. The quantitative estimate of drug-likeness (QED) is 0.742. The molecule has 0 aliphatic carbocycles. The maximum atomic E-state index is 12.3. The Bertz CT molecular complexity index is 533. The molecular weight excluding hydrogens is 304 g/mol. The average molecular weight is 334 g/mol. The molecule has 0 aromatic heterocycles. The maximum Gasteiger partial charge on any atom is 0.251 e. The van der Waals surface area contributed by atoms with Crippen LogP contribution in [0, 0.1) is 0 Å². The largest absolute Gasteiger partial charge is 0.493 e. The van der Waals surface area contributed by atoms with Gasteiger partial charge in [-0.05, 0) is 50.4 Å². The first-order chi connectivity index (χ1) is 11.7. The number of likely N-dealkylation sites (tertiary alicyclic amines) is 1. The fraction of sp³-hybridized carbons (Fsp3) is 0.632. The second-order valence-corrected chi connectivity index (χ2v) is 6.27. The molecule has 0 spiro atoms. The van der Waals surface area contributed by atoms with Crippen molar-refractivity contribution in [2.45, 2.75) is 45.1 Å². The van der Waals surface area contributed by atoms with E-state index in [0.29, 0.717) is 23.6 Å². The highest BCUT2D eigenvalue weighted by Gasteiger charge is 2.20. The van der Waals surface area contributed by atoms with Crippen LogP contribution in [-0.2, 0) is 0 Å². The molecule has 1 aromatic rings. The van der Waals surface area contributed by atoms with Crippen LogP contribution in [0.2, 0.25) is 0 Å². The third-order valence-electron chi connectivity index (χ3n) is 4.77. The van der Waals surface area contributed by atoms with Crippen LogP contribution in [-0.4, -0.2) is 50.7 Å². The molecule has 0 saturated carbocycles. The average Bonchev–Trinajstić information content (AvgIpc) is 2.64. The maximum absolute atomic E-state index is 12.3. The predicted molar refractivity (Wildman–Crippen MR) is 96.0 cm³/mol. The van der Waals surface area contributed by atoms with E-state index in [-0.39, 0.29) is 5.91 Å². The molecule has 0 radical (unpaired) electrons. The smallest absolute Gasteiger partial charge is 0.251 e. The normalized spacial score (nSPS) is 18.2. The van der Waals surface area contributed by atoms with E-state index in [4.69, 9.17) is 9.47 Å². The second kappa shape index (κ2) is 9.52. The minimum absolute atomic E-state index is 0.0679. The molecule has 1 fully saturated rings. The van der Waals surface area contributed by atoms with Crippen LogP contribution in [0.3, 0.4) is 0 Å². The van der Waals surface area contributed by atoms with Gasteiger partial charge in [-0.1, -0.05) is 13.3 Å². The Balaban J connectivity index is 1.78. The molecule has 1 N–H and O–H groups in total. The Morgan fingerprint density at radius 1 is 1.25 bits per heavy atom. The van der Waals surface area contributed by atoms with Gasteiger partial charge in [-0.2, -0.15) is 0 Å². The lowest BCUT2D eigenvalue weighted by Crippen LogP contribution is -2.40. The number of hydrogen-bond acceptors (Lipinski definition) is 4. The van der Waals surface area contributed by atoms with Gasteiger partial charge in [0.25, 0.3) is 5.91 Å². The van der Waals surface area contributed by atoms with Crippen molar-refractivity contribution in [1.29, 1.82) is 0 Å². The lowest BCUT2D eigenvalue weighted by molar-refractivity contribution is 0.0947. The Hall–Kier alpha value is -1.75. The highest BCUT2D eigenvalue weighted by Crippen LogP contribution is 2.27. The summed E-state index contributed by atoms with van der Waals surface area (Å²) in [4.78, 5) is 14.8. The van der Waals surface area contributed by atoms with Gasteiger partial charge in [0.15, 0.2) is 11.5 Å². The molecule has 1 atom stereocenters. The summed E-state index contributed by atoms with van der Waals surface area (Å²) in [6.45, 7) is 5.22. The van der Waals surface area contributed by atoms with Crippen LogP contribution >= 0.6 is 0 Å². The van der Waals surface area contributed by atoms with Gasteiger partial charge < -0.3 is 19.7 Å². The van der Waals surface area contributed by atoms with Crippen LogP contribution in [0.15, 0.2) is 18.2 Å². The lowest BCUT2D eigenvalue weighted by atomic mass is 10.00. The summed E-state index contributed by atoms with van der Waals surface area (Å²) in [5.41, 5.74) is 0.594. The van der Waals surface area contributed by atoms with E-state index in [9.17, 15) is 4.79 Å². The van der Waals surface area contributed by atoms with Gasteiger partial charge in [-0.15, -0.1) is 0 Å². The first-order valence-corrected chi connectivity index (χ1v) is 8.93. The van der Waals surface area contributed by atoms with Crippen molar-refractivity contribution >= 4 is 5.91 Å². The molecule has 1 amide bonds. The number of nitrogens with zero attached hydrogens (tertiary/aromatic N) is 1. The fourth-order valence-electron chi connectivity index (χ4n) is 3.38. The number of rotatable bonds is 8. The number of hydrogen-bond donors (Lipinski definition) is 1. The Morgan fingerprint density at radius 3 is 2.75 bits per heavy atom. The minimum Gasteiger partial charge on any atom is -0.493 e. The van der Waals surface area contributed by atoms with Gasteiger partial charge in [0.2, 0.25) is 0 Å². The number of benzene rings is 1. The molecule has 5 heteroatoms. The summed E-state index contributed by atoms with van der Waals surface area (Å²) >= 11 is 0. The summed E-state index contributed by atoms with van der Waals surface area (Å²) < 4.78 is 10.4. The zero-order chi connectivity index (χ0) is 17.4. The van der Waals surface area contributed by atoms with Crippen molar-refractivity contribution in [1.82, 2.24) is 10.2 Å². The second-order valence-electron chi connectivity index (χ2n) is 6.27. The topological polar surface area (TPSA) is 50.8 Å². The number of amides is 1. The number of ether oxygens (including phenoxy) is 2. The summed E-state index contributed by atoms with van der Waals surface area (Å²) in [6, 6.07) is 5.95. The van der Waals surface area contributed by atoms with E-state index in [0.717, 1.165) is 19.0 Å². The zero-order valence-electron chi connectivity index (χ0n) is 15.1. The van der Waals surface area contributed by atoms with Crippen LogP contribution in [0.25, 0.3) is 0 Å². The van der Waals surface area contributed by atoms with Crippen LogP contribution < -0.4 is 14.8 Å². The standard InChI is InChI=1S/C19H30N2O3/c1-4-16-8-5-6-12-21(16)13-7-11-20-19(22)15-9-10-17(23-2)18(14-15)24-3/h9-10,14,16H,4-8,11-13H2,1-3H3,(H,20,22)/t16-/m1/s1. The SMILES string of the molecule is CC[C@@H]1CCCCN1CCCNC(=O)c1ccc(OC)c(OC)c1. The van der Waals surface area contributed by atoms with Gasteiger partial charge in [-0.25, -0.2) is 0 Å². The van der Waals surface area contributed by atoms with Crippen molar-refractivity contribution in [3.63, 3.8) is 0 Å². The van der Waals surface area contributed by atoms with Crippen LogP contribution in [0.1, 0.15) is 49.4 Å². The van der Waals surface area contributed by atoms with Crippen molar-refractivity contribution in [3.05, 3.63) is 23.8 Å². The van der Waals surface area contributed by atoms with Crippen molar-refractivity contribution in [2.75, 3.05) is 33.9 Å². The molecule has 1 aromatic carbocycles. The van der Waals surface area contributed by atoms with E-state index in [2.05, 4.69) is 17.1 Å². The van der Waals surface area contributed by atoms with Crippen molar-refractivity contribution < 1.29 is 14.3 Å². The molecule has 24 heavy (non-hydrogen) atoms. The first kappa shape index (κ1) is 18.6. The molecule has 1 aliphatic heterocycles. The number of carbonyl (C=O) groups excluding carboxylic acids is 1. The summed E-state index contributed by atoms with van der Waals surface area (Å²) in [7, 11) is 3.16. The molecule has 0 bridgehead atoms. The predicted octanol–water partition coefficient (Wildman–Crippen LogP) is 3.09. The molecular formula is C19H30N2O3.